The lowest BCUT2D eigenvalue weighted by molar-refractivity contribution is 0.0952. The largest absolute Gasteiger partial charge is 0.352 e. The van der Waals surface area contributed by atoms with Gasteiger partial charge in [0.2, 0.25) is 0 Å². The predicted octanol–water partition coefficient (Wildman–Crippen LogP) is 4.24. The van der Waals surface area contributed by atoms with Crippen molar-refractivity contribution >= 4 is 56.0 Å². The first-order valence-electron chi connectivity index (χ1n) is 5.42. The van der Waals surface area contributed by atoms with E-state index in [9.17, 15) is 4.79 Å². The molecule has 1 rings (SSSR count). The van der Waals surface area contributed by atoms with E-state index in [1.54, 1.807) is 12.1 Å². The SMILES string of the molecule is CCC(Br)CCNC(=O)c1cc(Cl)ccc1I. The molecule has 0 heterocycles. The maximum absolute atomic E-state index is 11.9. The first-order chi connectivity index (χ1) is 8.04. The Hall–Kier alpha value is 0.190. The van der Waals surface area contributed by atoms with Gasteiger partial charge < -0.3 is 5.32 Å². The Morgan fingerprint density at radius 2 is 2.29 bits per heavy atom. The maximum atomic E-state index is 11.9. The van der Waals surface area contributed by atoms with Crippen molar-refractivity contribution in [2.24, 2.45) is 0 Å². The van der Waals surface area contributed by atoms with Crippen LogP contribution in [-0.2, 0) is 0 Å². The molecule has 94 valence electrons. The van der Waals surface area contributed by atoms with Crippen LogP contribution in [-0.4, -0.2) is 17.3 Å². The van der Waals surface area contributed by atoms with Gasteiger partial charge in [-0.2, -0.15) is 0 Å². The fourth-order valence-electron chi connectivity index (χ4n) is 1.31. The number of carbonyl (C=O) groups excluding carboxylic acids is 1. The van der Waals surface area contributed by atoms with Crippen LogP contribution < -0.4 is 5.32 Å². The summed E-state index contributed by atoms with van der Waals surface area (Å²) in [6.07, 6.45) is 1.99. The average molecular weight is 431 g/mol. The molecule has 5 heteroatoms. The smallest absolute Gasteiger partial charge is 0.252 e. The van der Waals surface area contributed by atoms with Crippen molar-refractivity contribution in [2.45, 2.75) is 24.6 Å². The third kappa shape index (κ3) is 5.14. The predicted molar refractivity (Wildman–Crippen MR) is 84.1 cm³/mol. The summed E-state index contributed by atoms with van der Waals surface area (Å²) in [5.74, 6) is -0.0623. The van der Waals surface area contributed by atoms with E-state index in [2.05, 4.69) is 50.8 Å². The summed E-state index contributed by atoms with van der Waals surface area (Å²) in [5, 5.41) is 3.49. The number of alkyl halides is 1. The number of carbonyl (C=O) groups is 1. The minimum absolute atomic E-state index is 0.0623. The summed E-state index contributed by atoms with van der Waals surface area (Å²) >= 11 is 11.5. The molecule has 0 saturated heterocycles. The molecule has 17 heavy (non-hydrogen) atoms. The molecule has 0 spiro atoms. The zero-order valence-corrected chi connectivity index (χ0v) is 14.0. The fraction of sp³-hybridized carbons (Fsp3) is 0.417. The average Bonchev–Trinajstić information content (AvgIpc) is 2.31. The molecule has 0 aromatic heterocycles. The number of benzene rings is 1. The van der Waals surface area contributed by atoms with Gasteiger partial charge in [-0.1, -0.05) is 34.5 Å². The highest BCUT2D eigenvalue weighted by molar-refractivity contribution is 14.1. The van der Waals surface area contributed by atoms with E-state index in [-0.39, 0.29) is 5.91 Å². The Morgan fingerprint density at radius 1 is 1.59 bits per heavy atom. The van der Waals surface area contributed by atoms with Crippen LogP contribution in [0.5, 0.6) is 0 Å². The zero-order valence-electron chi connectivity index (χ0n) is 9.47. The molecule has 0 saturated carbocycles. The van der Waals surface area contributed by atoms with Crippen LogP contribution in [0.1, 0.15) is 30.1 Å². The number of rotatable bonds is 5. The minimum atomic E-state index is -0.0623. The van der Waals surface area contributed by atoms with E-state index in [1.807, 2.05) is 6.07 Å². The van der Waals surface area contributed by atoms with E-state index < -0.39 is 0 Å². The molecule has 1 N–H and O–H groups in total. The van der Waals surface area contributed by atoms with Crippen LogP contribution in [0.25, 0.3) is 0 Å². The molecule has 1 aromatic rings. The zero-order chi connectivity index (χ0) is 12.8. The van der Waals surface area contributed by atoms with Crippen molar-refractivity contribution in [3.05, 3.63) is 32.4 Å². The van der Waals surface area contributed by atoms with E-state index in [1.165, 1.54) is 0 Å². The van der Waals surface area contributed by atoms with E-state index in [0.717, 1.165) is 16.4 Å². The lowest BCUT2D eigenvalue weighted by atomic mass is 10.2. The molecule has 0 radical (unpaired) electrons. The highest BCUT2D eigenvalue weighted by Gasteiger charge is 2.10. The summed E-state index contributed by atoms with van der Waals surface area (Å²) in [4.78, 5) is 12.4. The van der Waals surface area contributed by atoms with E-state index in [4.69, 9.17) is 11.6 Å². The topological polar surface area (TPSA) is 29.1 Å². The monoisotopic (exact) mass is 429 g/mol. The van der Waals surface area contributed by atoms with Crippen LogP contribution in [0.2, 0.25) is 5.02 Å². The number of hydrogen-bond acceptors (Lipinski definition) is 1. The van der Waals surface area contributed by atoms with Crippen molar-refractivity contribution < 1.29 is 4.79 Å². The van der Waals surface area contributed by atoms with Crippen molar-refractivity contribution in [2.75, 3.05) is 6.54 Å². The number of hydrogen-bond donors (Lipinski definition) is 1. The van der Waals surface area contributed by atoms with Crippen LogP contribution in [0.4, 0.5) is 0 Å². The summed E-state index contributed by atoms with van der Waals surface area (Å²) in [6, 6.07) is 5.33. The van der Waals surface area contributed by atoms with Gasteiger partial charge in [0.05, 0.1) is 5.56 Å². The first-order valence-corrected chi connectivity index (χ1v) is 7.79. The van der Waals surface area contributed by atoms with Crippen LogP contribution >= 0.6 is 50.1 Å². The van der Waals surface area contributed by atoms with Crippen LogP contribution in [0.15, 0.2) is 18.2 Å². The van der Waals surface area contributed by atoms with Gasteiger partial charge in [-0.05, 0) is 53.6 Å². The van der Waals surface area contributed by atoms with Gasteiger partial charge in [0.1, 0.15) is 0 Å². The van der Waals surface area contributed by atoms with Gasteiger partial charge in [-0.3, -0.25) is 4.79 Å². The second kappa shape index (κ2) is 7.59. The molecule has 0 aliphatic carbocycles. The summed E-state index contributed by atoms with van der Waals surface area (Å²) < 4.78 is 0.912. The Kier molecular flexibility index (Phi) is 6.80. The Morgan fingerprint density at radius 3 is 2.94 bits per heavy atom. The van der Waals surface area contributed by atoms with Crippen molar-refractivity contribution in [3.63, 3.8) is 0 Å². The Balaban J connectivity index is 2.55. The van der Waals surface area contributed by atoms with Gasteiger partial charge in [-0.25, -0.2) is 0 Å². The normalized spacial score (nSPS) is 12.2. The number of nitrogens with one attached hydrogen (secondary N) is 1. The van der Waals surface area contributed by atoms with Gasteiger partial charge in [0, 0.05) is 20.0 Å². The van der Waals surface area contributed by atoms with Crippen LogP contribution in [0.3, 0.4) is 0 Å². The quantitative estimate of drug-likeness (QED) is 0.550. The van der Waals surface area contributed by atoms with Crippen molar-refractivity contribution in [3.8, 4) is 0 Å². The molecular weight excluding hydrogens is 416 g/mol. The third-order valence-corrected chi connectivity index (χ3v) is 4.64. The summed E-state index contributed by atoms with van der Waals surface area (Å²) in [6.45, 7) is 2.78. The molecule has 0 fully saturated rings. The highest BCUT2D eigenvalue weighted by atomic mass is 127. The molecule has 2 nitrogen and oxygen atoms in total. The Labute approximate surface area is 129 Å². The van der Waals surface area contributed by atoms with Gasteiger partial charge in [0.15, 0.2) is 0 Å². The van der Waals surface area contributed by atoms with Crippen molar-refractivity contribution in [1.82, 2.24) is 5.32 Å². The standard InChI is InChI=1S/C12H14BrClINO/c1-2-8(13)5-6-16-12(17)10-7-9(14)3-4-11(10)15/h3-4,7-8H,2,5-6H2,1H3,(H,16,17). The van der Waals surface area contributed by atoms with Gasteiger partial charge >= 0.3 is 0 Å². The van der Waals surface area contributed by atoms with Crippen LogP contribution in [0, 0.1) is 3.57 Å². The maximum Gasteiger partial charge on any atom is 0.252 e. The van der Waals surface area contributed by atoms with Gasteiger partial charge in [-0.15, -0.1) is 0 Å². The molecule has 1 atom stereocenters. The first kappa shape index (κ1) is 15.2. The molecule has 1 aromatic carbocycles. The highest BCUT2D eigenvalue weighted by Crippen LogP contribution is 2.18. The molecule has 1 unspecified atom stereocenters. The third-order valence-electron chi connectivity index (χ3n) is 2.36. The van der Waals surface area contributed by atoms with Gasteiger partial charge in [0.25, 0.3) is 5.91 Å². The lowest BCUT2D eigenvalue weighted by Crippen LogP contribution is -2.26. The summed E-state index contributed by atoms with van der Waals surface area (Å²) in [5.41, 5.74) is 0.640. The van der Waals surface area contributed by atoms with E-state index in [0.29, 0.717) is 22.0 Å². The van der Waals surface area contributed by atoms with E-state index >= 15 is 0 Å². The lowest BCUT2D eigenvalue weighted by Gasteiger charge is -2.09. The molecule has 1 amide bonds. The number of halogens is 3. The second-order valence-electron chi connectivity index (χ2n) is 3.67. The molecule has 0 bridgehead atoms. The number of amides is 1. The molecule has 0 aliphatic heterocycles. The molecular formula is C12H14BrClINO. The molecule has 0 aliphatic rings. The fourth-order valence-corrected chi connectivity index (χ4v) is 2.29. The van der Waals surface area contributed by atoms with Crippen molar-refractivity contribution in [1.29, 1.82) is 0 Å². The summed E-state index contributed by atoms with van der Waals surface area (Å²) in [7, 11) is 0. The second-order valence-corrected chi connectivity index (χ2v) is 6.57. The minimum Gasteiger partial charge on any atom is -0.352 e. The Bertz CT molecular complexity index is 400.